The summed E-state index contributed by atoms with van der Waals surface area (Å²) in [6, 6.07) is 10.3. The molecule has 0 aliphatic carbocycles. The predicted octanol–water partition coefficient (Wildman–Crippen LogP) is 5.54. The van der Waals surface area contributed by atoms with Crippen molar-refractivity contribution >= 4 is 15.9 Å². The third-order valence-corrected chi connectivity index (χ3v) is 4.63. The molecule has 2 heteroatoms. The molecule has 100 valence electrons. The van der Waals surface area contributed by atoms with Crippen LogP contribution in [-0.2, 0) is 0 Å². The zero-order chi connectivity index (χ0) is 14.2. The lowest BCUT2D eigenvalue weighted by Gasteiger charge is -2.15. The Balaban J connectivity index is 2.43. The summed E-state index contributed by atoms with van der Waals surface area (Å²) < 4.78 is 13.7. The van der Waals surface area contributed by atoms with E-state index in [4.69, 9.17) is 0 Å². The molecule has 0 bridgehead atoms. The van der Waals surface area contributed by atoms with Gasteiger partial charge in [0.25, 0.3) is 0 Å². The summed E-state index contributed by atoms with van der Waals surface area (Å²) in [5.41, 5.74) is 6.26. The van der Waals surface area contributed by atoms with Crippen LogP contribution in [0.3, 0.4) is 0 Å². The topological polar surface area (TPSA) is 0 Å². The lowest BCUT2D eigenvalue weighted by Crippen LogP contribution is -1.98. The van der Waals surface area contributed by atoms with E-state index in [1.165, 1.54) is 16.7 Å². The van der Waals surface area contributed by atoms with Crippen molar-refractivity contribution in [3.63, 3.8) is 0 Å². The molecule has 1 atom stereocenters. The first kappa shape index (κ1) is 14.3. The second-order valence-corrected chi connectivity index (χ2v) is 6.09. The fraction of sp³-hybridized carbons (Fsp3) is 0.294. The molecule has 0 heterocycles. The van der Waals surface area contributed by atoms with Gasteiger partial charge in [0, 0.05) is 0 Å². The van der Waals surface area contributed by atoms with Gasteiger partial charge < -0.3 is 0 Å². The maximum Gasteiger partial charge on any atom is 0.129 e. The number of alkyl halides is 1. The van der Waals surface area contributed by atoms with Crippen LogP contribution in [0.25, 0.3) is 0 Å². The Morgan fingerprint density at radius 2 is 1.32 bits per heavy atom. The number of hydrogen-bond acceptors (Lipinski definition) is 0. The Morgan fingerprint density at radius 1 is 0.789 bits per heavy atom. The van der Waals surface area contributed by atoms with Crippen molar-refractivity contribution in [3.8, 4) is 0 Å². The summed E-state index contributed by atoms with van der Waals surface area (Å²) in [6.07, 6.45) is 0. The molecule has 0 radical (unpaired) electrons. The van der Waals surface area contributed by atoms with Gasteiger partial charge in [-0.2, -0.15) is 0 Å². The minimum Gasteiger partial charge on any atom is -0.206 e. The highest BCUT2D eigenvalue weighted by Gasteiger charge is 2.14. The van der Waals surface area contributed by atoms with Gasteiger partial charge >= 0.3 is 0 Å². The van der Waals surface area contributed by atoms with E-state index in [1.54, 1.807) is 0 Å². The van der Waals surface area contributed by atoms with E-state index in [1.807, 2.05) is 26.0 Å². The molecule has 2 aromatic rings. The smallest absolute Gasteiger partial charge is 0.129 e. The van der Waals surface area contributed by atoms with Crippen LogP contribution < -0.4 is 0 Å². The van der Waals surface area contributed by atoms with E-state index >= 15 is 0 Å². The third kappa shape index (κ3) is 2.89. The Labute approximate surface area is 122 Å². The third-order valence-electron chi connectivity index (χ3n) is 3.58. The van der Waals surface area contributed by atoms with Crippen molar-refractivity contribution in [1.29, 1.82) is 0 Å². The number of rotatable bonds is 2. The summed E-state index contributed by atoms with van der Waals surface area (Å²) in [6.45, 7) is 7.84. The van der Waals surface area contributed by atoms with E-state index in [-0.39, 0.29) is 10.6 Å². The Bertz CT molecular complexity index is 594. The molecule has 0 spiro atoms. The number of benzene rings is 2. The van der Waals surface area contributed by atoms with Gasteiger partial charge in [-0.25, -0.2) is 4.39 Å². The molecule has 2 rings (SSSR count). The summed E-state index contributed by atoms with van der Waals surface area (Å²) in [4.78, 5) is 0.102. The highest BCUT2D eigenvalue weighted by atomic mass is 79.9. The molecule has 0 saturated carbocycles. The summed E-state index contributed by atoms with van der Waals surface area (Å²) in [7, 11) is 0. The first-order valence-electron chi connectivity index (χ1n) is 6.38. The van der Waals surface area contributed by atoms with Gasteiger partial charge in [0.15, 0.2) is 0 Å². The molecule has 0 saturated heterocycles. The van der Waals surface area contributed by atoms with Crippen LogP contribution >= 0.6 is 15.9 Å². The van der Waals surface area contributed by atoms with Crippen LogP contribution in [-0.4, -0.2) is 0 Å². The number of aryl methyl sites for hydroxylation is 4. The van der Waals surface area contributed by atoms with Crippen molar-refractivity contribution in [1.82, 2.24) is 0 Å². The quantitative estimate of drug-likeness (QED) is 0.637. The van der Waals surface area contributed by atoms with Crippen molar-refractivity contribution in [2.24, 2.45) is 0 Å². The highest BCUT2D eigenvalue weighted by molar-refractivity contribution is 9.09. The predicted molar refractivity (Wildman–Crippen MR) is 82.6 cm³/mol. The zero-order valence-corrected chi connectivity index (χ0v) is 13.3. The maximum absolute atomic E-state index is 13.7. The van der Waals surface area contributed by atoms with Crippen LogP contribution in [0.4, 0.5) is 4.39 Å². The fourth-order valence-corrected chi connectivity index (χ4v) is 2.79. The van der Waals surface area contributed by atoms with Crippen LogP contribution in [0.5, 0.6) is 0 Å². The maximum atomic E-state index is 13.7. The molecule has 0 aliphatic rings. The van der Waals surface area contributed by atoms with Gasteiger partial charge in [-0.15, -0.1) is 0 Å². The van der Waals surface area contributed by atoms with Crippen LogP contribution in [0.15, 0.2) is 30.3 Å². The molecule has 0 amide bonds. The van der Waals surface area contributed by atoms with Crippen LogP contribution in [0.2, 0.25) is 0 Å². The van der Waals surface area contributed by atoms with Gasteiger partial charge in [-0.1, -0.05) is 46.3 Å². The molecule has 0 N–H and O–H groups in total. The normalized spacial score (nSPS) is 12.5. The van der Waals surface area contributed by atoms with E-state index in [9.17, 15) is 4.39 Å². The second-order valence-electron chi connectivity index (χ2n) is 5.17. The second kappa shape index (κ2) is 5.46. The number of halogens is 2. The lowest BCUT2D eigenvalue weighted by molar-refractivity contribution is 0.608. The van der Waals surface area contributed by atoms with Gasteiger partial charge in [0.2, 0.25) is 0 Å². The van der Waals surface area contributed by atoms with E-state index in [0.29, 0.717) is 11.1 Å². The molecule has 1 unspecified atom stereocenters. The molecular formula is C17H18BrF. The SMILES string of the molecule is Cc1ccc(C(Br)c2cc(C)c(F)c(C)c2)cc1C. The summed E-state index contributed by atoms with van der Waals surface area (Å²) in [5.74, 6) is -0.108. The van der Waals surface area contributed by atoms with Crippen LogP contribution in [0, 0.1) is 33.5 Å². The first-order chi connectivity index (χ1) is 8.90. The number of hydrogen-bond donors (Lipinski definition) is 0. The fourth-order valence-electron chi connectivity index (χ4n) is 2.24. The standard InChI is InChI=1S/C17H18BrF/c1-10-5-6-14(7-11(10)2)16(18)15-8-12(3)17(19)13(4)9-15/h5-9,16H,1-4H3. The van der Waals surface area contributed by atoms with E-state index < -0.39 is 0 Å². The van der Waals surface area contributed by atoms with E-state index in [0.717, 1.165) is 5.56 Å². The zero-order valence-electron chi connectivity index (χ0n) is 11.7. The largest absolute Gasteiger partial charge is 0.206 e. The van der Waals surface area contributed by atoms with Gasteiger partial charge in [0.1, 0.15) is 5.82 Å². The molecule has 0 fully saturated rings. The Hall–Kier alpha value is -1.15. The Morgan fingerprint density at radius 3 is 1.84 bits per heavy atom. The van der Waals surface area contributed by atoms with Gasteiger partial charge in [-0.3, -0.25) is 0 Å². The van der Waals surface area contributed by atoms with Crippen molar-refractivity contribution in [2.45, 2.75) is 32.5 Å². The van der Waals surface area contributed by atoms with Gasteiger partial charge in [0.05, 0.1) is 4.83 Å². The summed E-state index contributed by atoms with van der Waals surface area (Å²) in [5, 5.41) is 0. The molecule has 2 aromatic carbocycles. The van der Waals surface area contributed by atoms with Crippen LogP contribution in [0.1, 0.15) is 38.2 Å². The highest BCUT2D eigenvalue weighted by Crippen LogP contribution is 2.33. The monoisotopic (exact) mass is 320 g/mol. The average Bonchev–Trinajstić information content (AvgIpc) is 2.37. The molecule has 0 aliphatic heterocycles. The average molecular weight is 321 g/mol. The Kier molecular flexibility index (Phi) is 4.10. The molecule has 0 nitrogen and oxygen atoms in total. The minimum absolute atomic E-state index is 0.102. The lowest BCUT2D eigenvalue weighted by atomic mass is 9.98. The van der Waals surface area contributed by atoms with Crippen molar-refractivity contribution in [3.05, 3.63) is 69.5 Å². The summed E-state index contributed by atoms with van der Waals surface area (Å²) >= 11 is 3.72. The molecule has 0 aromatic heterocycles. The minimum atomic E-state index is -0.108. The molecular weight excluding hydrogens is 303 g/mol. The molecule has 19 heavy (non-hydrogen) atoms. The van der Waals surface area contributed by atoms with Crippen molar-refractivity contribution < 1.29 is 4.39 Å². The van der Waals surface area contributed by atoms with Crippen molar-refractivity contribution in [2.75, 3.05) is 0 Å². The van der Waals surface area contributed by atoms with Gasteiger partial charge in [-0.05, 0) is 61.1 Å². The van der Waals surface area contributed by atoms with E-state index in [2.05, 4.69) is 48.0 Å². The first-order valence-corrected chi connectivity index (χ1v) is 7.29.